The van der Waals surface area contributed by atoms with Crippen LogP contribution >= 0.6 is 0 Å². The number of nitrogens with zero attached hydrogens (tertiary/aromatic N) is 1. The van der Waals surface area contributed by atoms with E-state index in [1.165, 1.54) is 32.8 Å². The Morgan fingerprint density at radius 3 is 2.38 bits per heavy atom. The van der Waals surface area contributed by atoms with Crippen LogP contribution in [0.25, 0.3) is 0 Å². The van der Waals surface area contributed by atoms with E-state index in [1.54, 1.807) is 0 Å². The third-order valence-corrected chi connectivity index (χ3v) is 4.74. The molecule has 120 valence electrons. The predicted molar refractivity (Wildman–Crippen MR) is 80.8 cm³/mol. The van der Waals surface area contributed by atoms with E-state index in [9.17, 15) is 9.59 Å². The van der Waals surface area contributed by atoms with Crippen LogP contribution < -0.4 is 5.32 Å². The van der Waals surface area contributed by atoms with E-state index in [4.69, 9.17) is 4.74 Å². The van der Waals surface area contributed by atoms with Gasteiger partial charge < -0.3 is 15.0 Å². The lowest BCUT2D eigenvalue weighted by molar-refractivity contribution is -0.149. The Balaban J connectivity index is 1.70. The first-order valence-corrected chi connectivity index (χ1v) is 8.21. The van der Waals surface area contributed by atoms with Gasteiger partial charge in [-0.2, -0.15) is 0 Å². The van der Waals surface area contributed by atoms with Crippen LogP contribution in [0.4, 0.5) is 0 Å². The fourth-order valence-corrected chi connectivity index (χ4v) is 3.48. The van der Waals surface area contributed by atoms with Gasteiger partial charge in [0.25, 0.3) is 0 Å². The monoisotopic (exact) mass is 296 g/mol. The normalized spacial score (nSPS) is 22.3. The highest BCUT2D eigenvalue weighted by atomic mass is 16.5. The molecule has 5 nitrogen and oxygen atoms in total. The number of rotatable bonds is 5. The van der Waals surface area contributed by atoms with Crippen molar-refractivity contribution >= 4 is 11.9 Å². The average Bonchev–Trinajstić information content (AvgIpc) is 2.99. The van der Waals surface area contributed by atoms with E-state index < -0.39 is 0 Å². The molecule has 21 heavy (non-hydrogen) atoms. The van der Waals surface area contributed by atoms with Gasteiger partial charge in [-0.3, -0.25) is 9.59 Å². The molecule has 0 aromatic carbocycles. The summed E-state index contributed by atoms with van der Waals surface area (Å²) in [5, 5.41) is 3.56. The van der Waals surface area contributed by atoms with Crippen LogP contribution in [0.15, 0.2) is 0 Å². The molecule has 0 radical (unpaired) electrons. The Morgan fingerprint density at radius 2 is 1.81 bits per heavy atom. The summed E-state index contributed by atoms with van der Waals surface area (Å²) in [6.45, 7) is 3.45. The van der Waals surface area contributed by atoms with E-state index in [0.29, 0.717) is 25.6 Å². The van der Waals surface area contributed by atoms with E-state index in [-0.39, 0.29) is 23.8 Å². The summed E-state index contributed by atoms with van der Waals surface area (Å²) in [5.41, 5.74) is 0. The number of ether oxygens (including phenoxy) is 1. The number of carbonyl (C=O) groups excluding carboxylic acids is 2. The van der Waals surface area contributed by atoms with Gasteiger partial charge in [0.1, 0.15) is 0 Å². The SMILES string of the molecule is COC(=O)C1CCN(C(=O)CC(C)NC2CCCC2)CC1. The number of hydrogen-bond acceptors (Lipinski definition) is 4. The summed E-state index contributed by atoms with van der Waals surface area (Å²) in [6.07, 6.45) is 7.09. The maximum Gasteiger partial charge on any atom is 0.308 e. The molecular formula is C16H28N2O3. The molecule has 2 fully saturated rings. The second-order valence-corrected chi connectivity index (χ2v) is 6.43. The first-order chi connectivity index (χ1) is 10.1. The zero-order valence-electron chi connectivity index (χ0n) is 13.3. The fraction of sp³-hybridized carbons (Fsp3) is 0.875. The van der Waals surface area contributed by atoms with Gasteiger partial charge in [-0.15, -0.1) is 0 Å². The average molecular weight is 296 g/mol. The van der Waals surface area contributed by atoms with Crippen molar-refractivity contribution in [1.29, 1.82) is 0 Å². The van der Waals surface area contributed by atoms with Crippen molar-refractivity contribution in [3.63, 3.8) is 0 Å². The maximum atomic E-state index is 12.3. The summed E-state index contributed by atoms with van der Waals surface area (Å²) in [5.74, 6) is 0.0303. The molecule has 0 spiro atoms. The second kappa shape index (κ2) is 7.78. The van der Waals surface area contributed by atoms with Crippen LogP contribution in [-0.4, -0.2) is 49.1 Å². The molecule has 1 heterocycles. The Kier molecular flexibility index (Phi) is 6.03. The molecule has 1 amide bonds. The highest BCUT2D eigenvalue weighted by Gasteiger charge is 2.28. The molecule has 1 saturated heterocycles. The molecule has 1 unspecified atom stereocenters. The summed E-state index contributed by atoms with van der Waals surface area (Å²) in [7, 11) is 1.43. The van der Waals surface area contributed by atoms with Crippen molar-refractivity contribution in [2.24, 2.45) is 5.92 Å². The van der Waals surface area contributed by atoms with Gasteiger partial charge in [-0.25, -0.2) is 0 Å². The first kappa shape index (κ1) is 16.3. The highest BCUT2D eigenvalue weighted by Crippen LogP contribution is 2.21. The number of hydrogen-bond donors (Lipinski definition) is 1. The molecule has 1 atom stereocenters. The van der Waals surface area contributed by atoms with E-state index >= 15 is 0 Å². The Labute approximate surface area is 127 Å². The van der Waals surface area contributed by atoms with Crippen molar-refractivity contribution in [3.05, 3.63) is 0 Å². The quantitative estimate of drug-likeness (QED) is 0.785. The van der Waals surface area contributed by atoms with Crippen LogP contribution in [0.1, 0.15) is 51.9 Å². The molecule has 5 heteroatoms. The molecule has 1 aliphatic heterocycles. The zero-order chi connectivity index (χ0) is 15.2. The minimum atomic E-state index is -0.140. The van der Waals surface area contributed by atoms with E-state index in [2.05, 4.69) is 12.2 Å². The largest absolute Gasteiger partial charge is 0.469 e. The summed E-state index contributed by atoms with van der Waals surface area (Å²) in [6, 6.07) is 0.830. The van der Waals surface area contributed by atoms with E-state index in [1.807, 2.05) is 4.90 Å². The molecule has 1 saturated carbocycles. The molecule has 0 aromatic heterocycles. The van der Waals surface area contributed by atoms with Gasteiger partial charge in [-0.1, -0.05) is 12.8 Å². The molecular weight excluding hydrogens is 268 g/mol. The smallest absolute Gasteiger partial charge is 0.308 e. The Morgan fingerprint density at radius 1 is 1.19 bits per heavy atom. The minimum absolute atomic E-state index is 0.0342. The Hall–Kier alpha value is -1.10. The van der Waals surface area contributed by atoms with Crippen LogP contribution in [0, 0.1) is 5.92 Å². The van der Waals surface area contributed by atoms with Crippen LogP contribution in [0.3, 0.4) is 0 Å². The van der Waals surface area contributed by atoms with Gasteiger partial charge in [0, 0.05) is 31.6 Å². The lowest BCUT2D eigenvalue weighted by Gasteiger charge is -2.31. The van der Waals surface area contributed by atoms with Crippen molar-refractivity contribution in [2.75, 3.05) is 20.2 Å². The number of amides is 1. The summed E-state index contributed by atoms with van der Waals surface area (Å²) >= 11 is 0. The number of likely N-dealkylation sites (tertiary alicyclic amines) is 1. The predicted octanol–water partition coefficient (Wildman–Crippen LogP) is 1.71. The van der Waals surface area contributed by atoms with Crippen LogP contribution in [0.2, 0.25) is 0 Å². The van der Waals surface area contributed by atoms with Crippen molar-refractivity contribution in [3.8, 4) is 0 Å². The first-order valence-electron chi connectivity index (χ1n) is 8.21. The topological polar surface area (TPSA) is 58.6 Å². The lowest BCUT2D eigenvalue weighted by Crippen LogP contribution is -2.44. The molecule has 1 N–H and O–H groups in total. The minimum Gasteiger partial charge on any atom is -0.469 e. The number of esters is 1. The van der Waals surface area contributed by atoms with Crippen LogP contribution in [-0.2, 0) is 14.3 Å². The van der Waals surface area contributed by atoms with Gasteiger partial charge in [0.05, 0.1) is 13.0 Å². The van der Waals surface area contributed by atoms with Gasteiger partial charge in [0.2, 0.25) is 5.91 Å². The van der Waals surface area contributed by atoms with Crippen molar-refractivity contribution < 1.29 is 14.3 Å². The molecule has 2 rings (SSSR count). The highest BCUT2D eigenvalue weighted by molar-refractivity contribution is 5.77. The third kappa shape index (κ3) is 4.70. The number of methoxy groups -OCH3 is 1. The van der Waals surface area contributed by atoms with Gasteiger partial charge in [0.15, 0.2) is 0 Å². The Bertz CT molecular complexity index is 359. The lowest BCUT2D eigenvalue weighted by atomic mass is 9.96. The van der Waals surface area contributed by atoms with Crippen molar-refractivity contribution in [2.45, 2.75) is 64.0 Å². The molecule has 0 bridgehead atoms. The van der Waals surface area contributed by atoms with Crippen molar-refractivity contribution in [1.82, 2.24) is 10.2 Å². The second-order valence-electron chi connectivity index (χ2n) is 6.43. The molecule has 2 aliphatic rings. The zero-order valence-corrected chi connectivity index (χ0v) is 13.3. The van der Waals surface area contributed by atoms with Gasteiger partial charge >= 0.3 is 5.97 Å². The third-order valence-electron chi connectivity index (χ3n) is 4.74. The van der Waals surface area contributed by atoms with Crippen LogP contribution in [0.5, 0.6) is 0 Å². The summed E-state index contributed by atoms with van der Waals surface area (Å²) < 4.78 is 4.77. The molecule has 0 aromatic rings. The summed E-state index contributed by atoms with van der Waals surface area (Å²) in [4.78, 5) is 25.7. The number of carbonyl (C=O) groups is 2. The number of nitrogens with one attached hydrogen (secondary N) is 1. The standard InChI is InChI=1S/C16H28N2O3/c1-12(17-14-5-3-4-6-14)11-15(19)18-9-7-13(8-10-18)16(20)21-2/h12-14,17H,3-11H2,1-2H3. The maximum absolute atomic E-state index is 12.3. The number of piperidine rings is 1. The van der Waals surface area contributed by atoms with Gasteiger partial charge in [-0.05, 0) is 32.6 Å². The fourth-order valence-electron chi connectivity index (χ4n) is 3.48. The van der Waals surface area contributed by atoms with E-state index in [0.717, 1.165) is 12.8 Å². The molecule has 1 aliphatic carbocycles.